The number of benzene rings is 7. The van der Waals surface area contributed by atoms with Crippen molar-refractivity contribution in [3.63, 3.8) is 0 Å². The predicted octanol–water partition coefficient (Wildman–Crippen LogP) is 8.88. The van der Waals surface area contributed by atoms with Crippen LogP contribution in [-0.2, 0) is 97.5 Å². The average molecular weight is 1220 g/mol. The van der Waals surface area contributed by atoms with Crippen LogP contribution < -0.4 is 0 Å². The highest BCUT2D eigenvalue weighted by Crippen LogP contribution is 2.36. The number of aliphatic hydroxyl groups is 1. The van der Waals surface area contributed by atoms with Crippen LogP contribution in [0.4, 0.5) is 0 Å². The number of aliphatic hydroxyl groups excluding tert-OH is 1. The lowest BCUT2D eigenvalue weighted by atomic mass is 9.96. The Bertz CT molecular complexity index is 3210. The van der Waals surface area contributed by atoms with Crippen LogP contribution in [0.15, 0.2) is 212 Å². The summed E-state index contributed by atoms with van der Waals surface area (Å²) >= 11 is 0. The van der Waals surface area contributed by atoms with Gasteiger partial charge in [0.15, 0.2) is 37.2 Å². The molecule has 3 aliphatic rings. The summed E-state index contributed by atoms with van der Waals surface area (Å²) in [5, 5.41) is 11.9. The van der Waals surface area contributed by atoms with Crippen LogP contribution in [0.2, 0.25) is 0 Å². The molecular formula is C70H74O19. The van der Waals surface area contributed by atoms with E-state index in [9.17, 15) is 19.5 Å². The van der Waals surface area contributed by atoms with Crippen LogP contribution in [-0.4, -0.2) is 156 Å². The molecule has 89 heavy (non-hydrogen) atoms. The standard InChI is InChI=1S/C70H74O19/c1-75-56-54(44-83-70-64(81-42-49-31-17-7-18-32-49)60(80-41-48-29-15-6-16-30-48)57(79-40-47-27-13-5-14-28-47)53(85-70)43-78-39-46-25-11-4-12-26-46)86-69(63(77-3)59(56)76-2)82-45-55-58(87-65(71)50-33-19-8-20-34-50)61(88-66(72)51-35-21-9-22-36-51)62(68(74)84-55)89-67(73)52-37-23-10-24-38-52/h4-38,53-64,68-70,74H,39-45H2,1-3H3/t53-,54-,55-,56-,57-,58-,59+,60+,61+,62+,63+,64+,68+,69+,70+/m1/s1. The molecule has 0 saturated carbocycles. The number of hydrogen-bond acceptors (Lipinski definition) is 19. The van der Waals surface area contributed by atoms with Crippen molar-refractivity contribution in [2.45, 2.75) is 119 Å². The highest BCUT2D eigenvalue weighted by molar-refractivity contribution is 5.91. The summed E-state index contributed by atoms with van der Waals surface area (Å²) in [6, 6.07) is 63.3. The van der Waals surface area contributed by atoms with Crippen LogP contribution in [0.3, 0.4) is 0 Å². The molecule has 3 aliphatic heterocycles. The molecule has 19 nitrogen and oxygen atoms in total. The number of methoxy groups -OCH3 is 3. The molecule has 7 aromatic carbocycles. The first-order valence-corrected chi connectivity index (χ1v) is 29.5. The second kappa shape index (κ2) is 32.8. The van der Waals surface area contributed by atoms with Crippen LogP contribution >= 0.6 is 0 Å². The second-order valence-electron chi connectivity index (χ2n) is 21.4. The first-order chi connectivity index (χ1) is 43.7. The maximum atomic E-state index is 14.1. The van der Waals surface area contributed by atoms with Gasteiger partial charge in [-0.25, -0.2) is 14.4 Å². The lowest BCUT2D eigenvalue weighted by Crippen LogP contribution is -2.64. The van der Waals surface area contributed by atoms with E-state index in [0.717, 1.165) is 22.3 Å². The molecule has 1 N–H and O–H groups in total. The number of ether oxygens (including phenoxy) is 15. The maximum absolute atomic E-state index is 14.1. The number of hydrogen-bond donors (Lipinski definition) is 1. The Balaban J connectivity index is 0.945. The largest absolute Gasteiger partial charge is 0.452 e. The number of esters is 3. The van der Waals surface area contributed by atoms with Gasteiger partial charge in [0.25, 0.3) is 0 Å². The minimum Gasteiger partial charge on any atom is -0.452 e. The Hall–Kier alpha value is -7.57. The van der Waals surface area contributed by atoms with E-state index < -0.39 is 117 Å². The van der Waals surface area contributed by atoms with Crippen molar-refractivity contribution in [2.75, 3.05) is 41.2 Å². The van der Waals surface area contributed by atoms with Crippen LogP contribution in [0.25, 0.3) is 0 Å². The Morgan fingerprint density at radius 1 is 0.326 bits per heavy atom. The topological polar surface area (TPSA) is 210 Å². The van der Waals surface area contributed by atoms with Gasteiger partial charge < -0.3 is 76.2 Å². The summed E-state index contributed by atoms with van der Waals surface area (Å²) in [4.78, 5) is 41.9. The number of rotatable bonds is 28. The molecule has 3 fully saturated rings. The van der Waals surface area contributed by atoms with Gasteiger partial charge in [-0.3, -0.25) is 0 Å². The number of carbonyl (C=O) groups excluding carboxylic acids is 3. The molecule has 15 atom stereocenters. The van der Waals surface area contributed by atoms with Crippen molar-refractivity contribution < 1.29 is 90.5 Å². The van der Waals surface area contributed by atoms with Gasteiger partial charge in [-0.15, -0.1) is 0 Å². The zero-order chi connectivity index (χ0) is 61.7. The van der Waals surface area contributed by atoms with E-state index in [0.29, 0.717) is 0 Å². The summed E-state index contributed by atoms with van der Waals surface area (Å²) in [5.41, 5.74) is 4.10. The van der Waals surface area contributed by atoms with E-state index in [-0.39, 0.29) is 56.3 Å². The molecule has 468 valence electrons. The molecule has 3 heterocycles. The van der Waals surface area contributed by atoms with Gasteiger partial charge in [0.2, 0.25) is 0 Å². The third-order valence-corrected chi connectivity index (χ3v) is 15.5. The minimum absolute atomic E-state index is 0.0741. The van der Waals surface area contributed by atoms with Crippen LogP contribution in [0.5, 0.6) is 0 Å². The molecule has 0 aliphatic carbocycles. The van der Waals surface area contributed by atoms with Crippen molar-refractivity contribution in [1.82, 2.24) is 0 Å². The van der Waals surface area contributed by atoms with E-state index in [1.165, 1.54) is 57.7 Å². The first-order valence-electron chi connectivity index (χ1n) is 29.5. The minimum atomic E-state index is -1.96. The highest BCUT2D eigenvalue weighted by Gasteiger charge is 2.55. The van der Waals surface area contributed by atoms with Gasteiger partial charge >= 0.3 is 17.9 Å². The molecule has 0 spiro atoms. The third-order valence-electron chi connectivity index (χ3n) is 15.5. The average Bonchev–Trinajstić information content (AvgIpc) is 1.42. The molecular weight excluding hydrogens is 1140 g/mol. The molecule has 0 bridgehead atoms. The zero-order valence-corrected chi connectivity index (χ0v) is 49.6. The Kier molecular flexibility index (Phi) is 23.7. The smallest absolute Gasteiger partial charge is 0.338 e. The van der Waals surface area contributed by atoms with Crippen LogP contribution in [0, 0.1) is 0 Å². The van der Waals surface area contributed by atoms with Gasteiger partial charge in [-0.2, -0.15) is 0 Å². The van der Waals surface area contributed by atoms with E-state index in [1.807, 2.05) is 121 Å². The molecule has 19 heteroatoms. The van der Waals surface area contributed by atoms with Gasteiger partial charge in [-0.05, 0) is 58.7 Å². The zero-order valence-electron chi connectivity index (χ0n) is 49.6. The monoisotopic (exact) mass is 1220 g/mol. The summed E-state index contributed by atoms with van der Waals surface area (Å²) in [6.07, 6.45) is -17.9. The fourth-order valence-electron chi connectivity index (χ4n) is 10.9. The van der Waals surface area contributed by atoms with Crippen LogP contribution in [0.1, 0.15) is 53.3 Å². The lowest BCUT2D eigenvalue weighted by Gasteiger charge is -2.48. The maximum Gasteiger partial charge on any atom is 0.338 e. The summed E-state index contributed by atoms with van der Waals surface area (Å²) < 4.78 is 97.3. The molecule has 10 rings (SSSR count). The van der Waals surface area contributed by atoms with E-state index >= 15 is 0 Å². The van der Waals surface area contributed by atoms with E-state index in [1.54, 1.807) is 54.6 Å². The van der Waals surface area contributed by atoms with Crippen molar-refractivity contribution in [3.05, 3.63) is 251 Å². The molecule has 0 unspecified atom stereocenters. The van der Waals surface area contributed by atoms with E-state index in [4.69, 9.17) is 71.1 Å². The summed E-state index contributed by atoms with van der Waals surface area (Å²) in [7, 11) is 4.45. The third kappa shape index (κ3) is 17.2. The lowest BCUT2D eigenvalue weighted by molar-refractivity contribution is -0.352. The van der Waals surface area contributed by atoms with Gasteiger partial charge in [-0.1, -0.05) is 176 Å². The first kappa shape index (κ1) is 64.4. The quantitative estimate of drug-likeness (QED) is 0.0358. The fraction of sp³-hybridized carbons (Fsp3) is 0.357. The van der Waals surface area contributed by atoms with Gasteiger partial charge in [0.05, 0.1) is 62.9 Å². The number of carbonyl (C=O) groups is 3. The molecule has 0 amide bonds. The SMILES string of the molecule is CO[C@@H]1[C@H](OC)[C@@H](OC[C@H]2O[C@H](O)[C@@H](OC(=O)c3ccccc3)[C@@H](OC(=O)c3ccccc3)[C@@H]2OC(=O)c2ccccc2)O[C@H](CO[C@H]2O[C@H](COCc3ccccc3)[C@@H](OCc3ccccc3)[C@H](OCc3ccccc3)[C@@H]2OCc2ccccc2)[C@H]1OC. The van der Waals surface area contributed by atoms with Crippen molar-refractivity contribution in [1.29, 1.82) is 0 Å². The summed E-state index contributed by atoms with van der Waals surface area (Å²) in [6.45, 7) is 0.207. The predicted molar refractivity (Wildman–Crippen MR) is 321 cm³/mol. The van der Waals surface area contributed by atoms with Gasteiger partial charge in [0.1, 0.15) is 54.9 Å². The van der Waals surface area contributed by atoms with Gasteiger partial charge in [0, 0.05) is 21.3 Å². The van der Waals surface area contributed by atoms with Crippen molar-refractivity contribution >= 4 is 17.9 Å². The Morgan fingerprint density at radius 2 is 0.663 bits per heavy atom. The summed E-state index contributed by atoms with van der Waals surface area (Å²) in [5.74, 6) is -2.60. The van der Waals surface area contributed by atoms with Crippen molar-refractivity contribution in [3.8, 4) is 0 Å². The molecule has 0 radical (unpaired) electrons. The Labute approximate surface area is 517 Å². The second-order valence-corrected chi connectivity index (χ2v) is 21.4. The highest BCUT2D eigenvalue weighted by atomic mass is 16.8. The van der Waals surface area contributed by atoms with E-state index in [2.05, 4.69) is 0 Å². The fourth-order valence-corrected chi connectivity index (χ4v) is 10.9. The molecule has 3 saturated heterocycles. The molecule has 0 aromatic heterocycles. The Morgan fingerprint density at radius 3 is 1.09 bits per heavy atom. The molecule has 7 aromatic rings. The normalized spacial score (nSPS) is 26.8. The van der Waals surface area contributed by atoms with Crippen molar-refractivity contribution in [2.24, 2.45) is 0 Å².